The molecule has 0 aliphatic carbocycles. The van der Waals surface area contributed by atoms with Crippen LogP contribution in [0, 0.1) is 0 Å². The lowest BCUT2D eigenvalue weighted by molar-refractivity contribution is 0.473. The zero-order valence-electron chi connectivity index (χ0n) is 10.0. The fourth-order valence-corrected chi connectivity index (χ4v) is 3.30. The first-order valence-electron chi connectivity index (χ1n) is 5.39. The van der Waals surface area contributed by atoms with Crippen molar-refractivity contribution in [3.8, 4) is 0 Å². The Bertz CT molecular complexity index is 434. The number of hydrogen-bond donors (Lipinski definition) is 0. The van der Waals surface area contributed by atoms with Crippen LogP contribution in [0.1, 0.15) is 12.5 Å². The molecule has 1 aromatic rings. The van der Waals surface area contributed by atoms with Gasteiger partial charge in [0.25, 0.3) is 0 Å². The minimum Gasteiger partial charge on any atom is -0.265 e. The van der Waals surface area contributed by atoms with Crippen LogP contribution in [0.2, 0.25) is 0 Å². The van der Waals surface area contributed by atoms with Gasteiger partial charge in [-0.25, -0.2) is 12.7 Å². The molecule has 1 atom stereocenters. The zero-order chi connectivity index (χ0) is 12.9. The number of sulfonamides is 1. The number of aromatic nitrogens is 1. The van der Waals surface area contributed by atoms with Crippen molar-refractivity contribution < 1.29 is 8.42 Å². The van der Waals surface area contributed by atoms with Crippen LogP contribution in [0.15, 0.2) is 24.5 Å². The highest BCUT2D eigenvalue weighted by atomic mass is 79.9. The Labute approximate surface area is 111 Å². The molecular weight excluding hydrogens is 304 g/mol. The number of hydrogen-bond acceptors (Lipinski definition) is 3. The second-order valence-corrected chi connectivity index (χ2v) is 7.74. The topological polar surface area (TPSA) is 50.3 Å². The Morgan fingerprint density at radius 2 is 2.00 bits per heavy atom. The van der Waals surface area contributed by atoms with E-state index in [9.17, 15) is 8.42 Å². The fraction of sp³-hybridized carbons (Fsp3) is 0.545. The van der Waals surface area contributed by atoms with Gasteiger partial charge in [0.05, 0.1) is 5.75 Å². The van der Waals surface area contributed by atoms with Gasteiger partial charge in [-0.1, -0.05) is 22.9 Å². The first-order valence-corrected chi connectivity index (χ1v) is 7.91. The Kier molecular flexibility index (Phi) is 5.55. The van der Waals surface area contributed by atoms with Crippen LogP contribution in [0.3, 0.4) is 0 Å². The average Bonchev–Trinajstić information content (AvgIpc) is 2.27. The molecule has 6 heteroatoms. The van der Waals surface area contributed by atoms with E-state index < -0.39 is 10.0 Å². The van der Waals surface area contributed by atoms with Crippen LogP contribution in [-0.2, 0) is 16.4 Å². The average molecular weight is 321 g/mol. The SMILES string of the molecule is CC(Br)CN(C)S(=O)(=O)CCc1ccncc1. The zero-order valence-corrected chi connectivity index (χ0v) is 12.4. The van der Waals surface area contributed by atoms with Crippen LogP contribution in [-0.4, -0.2) is 41.9 Å². The van der Waals surface area contributed by atoms with E-state index in [2.05, 4.69) is 20.9 Å². The summed E-state index contributed by atoms with van der Waals surface area (Å²) < 4.78 is 25.3. The summed E-state index contributed by atoms with van der Waals surface area (Å²) in [6.07, 6.45) is 3.87. The molecule has 0 aliphatic rings. The first kappa shape index (κ1) is 14.6. The summed E-state index contributed by atoms with van der Waals surface area (Å²) in [7, 11) is -1.56. The minimum atomic E-state index is -3.17. The Morgan fingerprint density at radius 3 is 2.53 bits per heavy atom. The lowest BCUT2D eigenvalue weighted by Crippen LogP contribution is -2.33. The van der Waals surface area contributed by atoms with Gasteiger partial charge in [0.2, 0.25) is 10.0 Å². The van der Waals surface area contributed by atoms with Crippen LogP contribution in [0.25, 0.3) is 0 Å². The van der Waals surface area contributed by atoms with Gasteiger partial charge in [-0.05, 0) is 24.1 Å². The van der Waals surface area contributed by atoms with Crippen molar-refractivity contribution in [2.75, 3.05) is 19.3 Å². The predicted octanol–water partition coefficient (Wildman–Crippen LogP) is 1.67. The third-order valence-electron chi connectivity index (χ3n) is 2.38. The van der Waals surface area contributed by atoms with Gasteiger partial charge in [0.15, 0.2) is 0 Å². The van der Waals surface area contributed by atoms with E-state index in [-0.39, 0.29) is 10.6 Å². The standard InChI is InChI=1S/C11H17BrN2O2S/c1-10(12)9-14(2)17(15,16)8-5-11-3-6-13-7-4-11/h3-4,6-7,10H,5,8-9H2,1-2H3. The first-order chi connectivity index (χ1) is 7.92. The van der Waals surface area contributed by atoms with Crippen LogP contribution >= 0.6 is 15.9 Å². The maximum absolute atomic E-state index is 11.9. The summed E-state index contributed by atoms with van der Waals surface area (Å²) in [6.45, 7) is 2.41. The van der Waals surface area contributed by atoms with Gasteiger partial charge in [-0.3, -0.25) is 4.98 Å². The molecule has 0 radical (unpaired) electrons. The lowest BCUT2D eigenvalue weighted by Gasteiger charge is -2.18. The molecule has 17 heavy (non-hydrogen) atoms. The molecule has 0 fully saturated rings. The van der Waals surface area contributed by atoms with E-state index in [1.54, 1.807) is 19.4 Å². The Hall–Kier alpha value is -0.460. The molecular formula is C11H17BrN2O2S. The molecule has 1 rings (SSSR count). The largest absolute Gasteiger partial charge is 0.265 e. The second-order valence-electron chi connectivity index (χ2n) is 3.98. The summed E-state index contributed by atoms with van der Waals surface area (Å²) in [6, 6.07) is 3.67. The summed E-state index contributed by atoms with van der Waals surface area (Å²) in [5, 5.41) is 0. The van der Waals surface area contributed by atoms with Crippen molar-refractivity contribution in [1.82, 2.24) is 9.29 Å². The molecule has 1 aromatic heterocycles. The molecule has 0 bridgehead atoms. The normalized spacial score (nSPS) is 13.9. The maximum Gasteiger partial charge on any atom is 0.214 e. The molecule has 0 amide bonds. The highest BCUT2D eigenvalue weighted by molar-refractivity contribution is 9.09. The van der Waals surface area contributed by atoms with Crippen molar-refractivity contribution >= 4 is 26.0 Å². The minimum absolute atomic E-state index is 0.132. The number of aryl methyl sites for hydroxylation is 1. The van der Waals surface area contributed by atoms with Crippen molar-refractivity contribution in [2.45, 2.75) is 18.2 Å². The Morgan fingerprint density at radius 1 is 1.41 bits per heavy atom. The summed E-state index contributed by atoms with van der Waals surface area (Å²) in [4.78, 5) is 4.05. The number of nitrogens with zero attached hydrogens (tertiary/aromatic N) is 2. The molecule has 4 nitrogen and oxygen atoms in total. The molecule has 0 saturated heterocycles. The molecule has 1 heterocycles. The van der Waals surface area contributed by atoms with Crippen molar-refractivity contribution in [2.24, 2.45) is 0 Å². The van der Waals surface area contributed by atoms with Gasteiger partial charge in [-0.15, -0.1) is 0 Å². The highest BCUT2D eigenvalue weighted by Crippen LogP contribution is 2.07. The summed E-state index contributed by atoms with van der Waals surface area (Å²) in [5.41, 5.74) is 0.990. The molecule has 0 N–H and O–H groups in total. The molecule has 0 aromatic carbocycles. The van der Waals surface area contributed by atoms with Crippen LogP contribution in [0.4, 0.5) is 0 Å². The molecule has 0 aliphatic heterocycles. The Balaban J connectivity index is 2.56. The summed E-state index contributed by atoms with van der Waals surface area (Å²) in [5.74, 6) is 0.132. The van der Waals surface area contributed by atoms with E-state index in [0.29, 0.717) is 13.0 Å². The van der Waals surface area contributed by atoms with E-state index in [4.69, 9.17) is 0 Å². The van der Waals surface area contributed by atoms with Gasteiger partial charge in [-0.2, -0.15) is 0 Å². The van der Waals surface area contributed by atoms with Crippen LogP contribution in [0.5, 0.6) is 0 Å². The van der Waals surface area contributed by atoms with Crippen molar-refractivity contribution in [3.63, 3.8) is 0 Å². The van der Waals surface area contributed by atoms with E-state index in [1.807, 2.05) is 19.1 Å². The maximum atomic E-state index is 11.9. The number of rotatable bonds is 6. The molecule has 96 valence electrons. The van der Waals surface area contributed by atoms with E-state index in [1.165, 1.54) is 4.31 Å². The third-order valence-corrected chi connectivity index (χ3v) is 4.49. The van der Waals surface area contributed by atoms with Gasteiger partial charge >= 0.3 is 0 Å². The van der Waals surface area contributed by atoms with E-state index in [0.717, 1.165) is 5.56 Å². The molecule has 0 saturated carbocycles. The molecule has 0 spiro atoms. The fourth-order valence-electron chi connectivity index (χ4n) is 1.42. The van der Waals surface area contributed by atoms with Crippen molar-refractivity contribution in [3.05, 3.63) is 30.1 Å². The molecule has 1 unspecified atom stereocenters. The monoisotopic (exact) mass is 320 g/mol. The van der Waals surface area contributed by atoms with Crippen LogP contribution < -0.4 is 0 Å². The number of pyridine rings is 1. The smallest absolute Gasteiger partial charge is 0.214 e. The van der Waals surface area contributed by atoms with Gasteiger partial charge < -0.3 is 0 Å². The lowest BCUT2D eigenvalue weighted by atomic mass is 10.2. The van der Waals surface area contributed by atoms with Gasteiger partial charge in [0.1, 0.15) is 0 Å². The predicted molar refractivity (Wildman–Crippen MR) is 72.7 cm³/mol. The number of halogens is 1. The summed E-state index contributed by atoms with van der Waals surface area (Å²) >= 11 is 3.35. The number of alkyl halides is 1. The van der Waals surface area contributed by atoms with E-state index >= 15 is 0 Å². The van der Waals surface area contributed by atoms with Gasteiger partial charge in [0, 0.05) is 30.8 Å². The van der Waals surface area contributed by atoms with Crippen molar-refractivity contribution in [1.29, 1.82) is 0 Å². The quantitative estimate of drug-likeness (QED) is 0.749. The second kappa shape index (κ2) is 6.47. The third kappa shape index (κ3) is 5.14. The highest BCUT2D eigenvalue weighted by Gasteiger charge is 2.18.